The summed E-state index contributed by atoms with van der Waals surface area (Å²) in [4.78, 5) is 11.5. The molecule has 0 heterocycles. The molecule has 1 aromatic rings. The lowest BCUT2D eigenvalue weighted by Crippen LogP contribution is -2.44. The number of esters is 1. The molecule has 1 rings (SSSR count). The van der Waals surface area contributed by atoms with Crippen LogP contribution in [-0.2, 0) is 15.1 Å². The van der Waals surface area contributed by atoms with Crippen LogP contribution < -0.4 is 5.32 Å². The van der Waals surface area contributed by atoms with E-state index in [-0.39, 0.29) is 17.7 Å². The molecular weight excluding hydrogens is 238 g/mol. The summed E-state index contributed by atoms with van der Waals surface area (Å²) in [5.41, 5.74) is 2.52. The van der Waals surface area contributed by atoms with E-state index in [9.17, 15) is 4.79 Å². The third-order valence-corrected chi connectivity index (χ3v) is 3.01. The van der Waals surface area contributed by atoms with Crippen LogP contribution in [0, 0.1) is 6.92 Å². The van der Waals surface area contributed by atoms with Crippen molar-refractivity contribution in [2.24, 2.45) is 0 Å². The molecule has 0 spiro atoms. The molecule has 0 aliphatic carbocycles. The molecule has 19 heavy (non-hydrogen) atoms. The fraction of sp³-hybridized carbons (Fsp3) is 0.438. The maximum atomic E-state index is 11.5. The Morgan fingerprint density at radius 1 is 1.37 bits per heavy atom. The van der Waals surface area contributed by atoms with Gasteiger partial charge in [0.15, 0.2) is 6.23 Å². The normalized spacial score (nSPS) is 12.9. The Hall–Kier alpha value is -1.61. The second kappa shape index (κ2) is 6.02. The Balaban J connectivity index is 2.77. The van der Waals surface area contributed by atoms with Gasteiger partial charge in [-0.15, -0.1) is 0 Å². The number of aryl methyl sites for hydroxylation is 1. The molecule has 0 saturated carbocycles. The van der Waals surface area contributed by atoms with Gasteiger partial charge < -0.3 is 4.74 Å². The molecule has 0 bridgehead atoms. The highest BCUT2D eigenvalue weighted by molar-refractivity contribution is 5.87. The molecule has 3 nitrogen and oxygen atoms in total. The smallest absolute Gasteiger partial charge is 0.334 e. The third kappa shape index (κ3) is 4.21. The summed E-state index contributed by atoms with van der Waals surface area (Å²) < 4.78 is 5.26. The molecule has 0 fully saturated rings. The van der Waals surface area contributed by atoms with Crippen LogP contribution in [0.1, 0.15) is 38.8 Å². The number of benzene rings is 1. The zero-order valence-electron chi connectivity index (χ0n) is 12.4. The van der Waals surface area contributed by atoms with E-state index in [0.29, 0.717) is 5.57 Å². The first-order valence-electron chi connectivity index (χ1n) is 6.44. The van der Waals surface area contributed by atoms with Gasteiger partial charge in [0.2, 0.25) is 0 Å². The predicted molar refractivity (Wildman–Crippen MR) is 77.7 cm³/mol. The summed E-state index contributed by atoms with van der Waals surface area (Å²) >= 11 is 0. The molecule has 1 atom stereocenters. The van der Waals surface area contributed by atoms with Crippen LogP contribution in [0.5, 0.6) is 0 Å². The number of rotatable bonds is 5. The number of nitrogens with one attached hydrogen (secondary N) is 1. The molecule has 0 aromatic heterocycles. The highest BCUT2D eigenvalue weighted by Crippen LogP contribution is 2.24. The van der Waals surface area contributed by atoms with Crippen molar-refractivity contribution in [3.05, 3.63) is 47.5 Å². The van der Waals surface area contributed by atoms with Gasteiger partial charge in [-0.1, -0.05) is 30.8 Å². The van der Waals surface area contributed by atoms with E-state index in [2.05, 4.69) is 44.8 Å². The zero-order chi connectivity index (χ0) is 14.6. The van der Waals surface area contributed by atoms with Crippen LogP contribution in [0.2, 0.25) is 0 Å². The number of hydrogen-bond donors (Lipinski definition) is 1. The first-order chi connectivity index (χ1) is 8.74. The van der Waals surface area contributed by atoms with Crippen LogP contribution in [0.3, 0.4) is 0 Å². The monoisotopic (exact) mass is 261 g/mol. The minimum Gasteiger partial charge on any atom is -0.444 e. The van der Waals surface area contributed by atoms with Crippen molar-refractivity contribution in [2.75, 3.05) is 0 Å². The van der Waals surface area contributed by atoms with E-state index in [1.165, 1.54) is 11.1 Å². The van der Waals surface area contributed by atoms with E-state index in [1.807, 2.05) is 19.1 Å². The highest BCUT2D eigenvalue weighted by atomic mass is 16.6. The van der Waals surface area contributed by atoms with E-state index in [0.717, 1.165) is 0 Å². The van der Waals surface area contributed by atoms with Crippen LogP contribution in [-0.4, -0.2) is 12.2 Å². The van der Waals surface area contributed by atoms with Crippen molar-refractivity contribution >= 4 is 5.97 Å². The van der Waals surface area contributed by atoms with Crippen molar-refractivity contribution in [3.8, 4) is 0 Å². The molecule has 0 aliphatic rings. The maximum Gasteiger partial charge on any atom is 0.334 e. The minimum atomic E-state index is -0.376. The van der Waals surface area contributed by atoms with Crippen LogP contribution >= 0.6 is 0 Å². The van der Waals surface area contributed by atoms with Gasteiger partial charge in [0.25, 0.3) is 0 Å². The summed E-state index contributed by atoms with van der Waals surface area (Å²) in [6.07, 6.45) is -0.376. The molecule has 1 aromatic carbocycles. The van der Waals surface area contributed by atoms with Crippen LogP contribution in [0.15, 0.2) is 36.4 Å². The lowest BCUT2D eigenvalue weighted by molar-refractivity contribution is -0.145. The quantitative estimate of drug-likeness (QED) is 0.502. The van der Waals surface area contributed by atoms with Crippen molar-refractivity contribution < 1.29 is 9.53 Å². The number of carbonyl (C=O) groups is 1. The minimum absolute atomic E-state index is 0.278. The Kier molecular flexibility index (Phi) is 4.90. The number of hydrogen-bond acceptors (Lipinski definition) is 3. The average molecular weight is 261 g/mol. The topological polar surface area (TPSA) is 38.3 Å². The van der Waals surface area contributed by atoms with Gasteiger partial charge in [-0.25, -0.2) is 4.79 Å². The predicted octanol–water partition coefficient (Wildman–Crippen LogP) is 3.29. The van der Waals surface area contributed by atoms with Crippen molar-refractivity contribution in [1.29, 1.82) is 0 Å². The number of carbonyl (C=O) groups excluding carboxylic acids is 1. The molecular formula is C16H23NO2. The standard InChI is InChI=1S/C16H23NO2/c1-11(2)15(18)19-13(4)17-16(5,6)14-10-8-7-9-12(14)3/h7-10,13,17H,1H2,2-6H3. The fourth-order valence-corrected chi connectivity index (χ4v) is 2.15. The second-order valence-electron chi connectivity index (χ2n) is 5.41. The molecule has 0 saturated heterocycles. The van der Waals surface area contributed by atoms with E-state index < -0.39 is 0 Å². The Labute approximate surface area is 115 Å². The highest BCUT2D eigenvalue weighted by Gasteiger charge is 2.25. The van der Waals surface area contributed by atoms with Gasteiger partial charge in [0.1, 0.15) is 0 Å². The van der Waals surface area contributed by atoms with E-state index in [4.69, 9.17) is 4.74 Å². The summed E-state index contributed by atoms with van der Waals surface area (Å²) in [6.45, 7) is 13.2. The Morgan fingerprint density at radius 2 is 1.95 bits per heavy atom. The molecule has 0 aliphatic heterocycles. The lowest BCUT2D eigenvalue weighted by atomic mass is 9.90. The van der Waals surface area contributed by atoms with Gasteiger partial charge in [0.05, 0.1) is 0 Å². The first kappa shape index (κ1) is 15.4. The number of ether oxygens (including phenoxy) is 1. The van der Waals surface area contributed by atoms with Gasteiger partial charge >= 0.3 is 5.97 Å². The maximum absolute atomic E-state index is 11.5. The summed E-state index contributed by atoms with van der Waals surface area (Å²) in [7, 11) is 0. The van der Waals surface area contributed by atoms with E-state index in [1.54, 1.807) is 6.92 Å². The molecule has 0 radical (unpaired) electrons. The Bertz CT molecular complexity index is 477. The summed E-state index contributed by atoms with van der Waals surface area (Å²) in [6, 6.07) is 8.18. The van der Waals surface area contributed by atoms with Crippen LogP contribution in [0.25, 0.3) is 0 Å². The molecule has 1 N–H and O–H groups in total. The molecule has 104 valence electrons. The lowest BCUT2D eigenvalue weighted by Gasteiger charge is -2.31. The summed E-state index contributed by atoms with van der Waals surface area (Å²) in [5, 5.41) is 3.31. The van der Waals surface area contributed by atoms with Gasteiger partial charge in [-0.2, -0.15) is 0 Å². The van der Waals surface area contributed by atoms with Gasteiger partial charge in [-0.3, -0.25) is 5.32 Å². The Morgan fingerprint density at radius 3 is 2.47 bits per heavy atom. The molecule has 3 heteroatoms. The van der Waals surface area contributed by atoms with Crippen LogP contribution in [0.4, 0.5) is 0 Å². The largest absolute Gasteiger partial charge is 0.444 e. The van der Waals surface area contributed by atoms with Crippen molar-refractivity contribution in [2.45, 2.75) is 46.4 Å². The first-order valence-corrected chi connectivity index (χ1v) is 6.44. The zero-order valence-corrected chi connectivity index (χ0v) is 12.4. The van der Waals surface area contributed by atoms with Gasteiger partial charge in [-0.05, 0) is 45.7 Å². The average Bonchev–Trinajstić information content (AvgIpc) is 2.27. The van der Waals surface area contributed by atoms with Crippen molar-refractivity contribution in [3.63, 3.8) is 0 Å². The summed E-state index contributed by atoms with van der Waals surface area (Å²) in [5.74, 6) is -0.374. The van der Waals surface area contributed by atoms with E-state index >= 15 is 0 Å². The molecule has 0 amide bonds. The second-order valence-corrected chi connectivity index (χ2v) is 5.41. The SMILES string of the molecule is C=C(C)C(=O)OC(C)NC(C)(C)c1ccccc1C. The van der Waals surface area contributed by atoms with Crippen molar-refractivity contribution in [1.82, 2.24) is 5.32 Å². The third-order valence-electron chi connectivity index (χ3n) is 3.01. The van der Waals surface area contributed by atoms with Gasteiger partial charge in [0, 0.05) is 11.1 Å². The molecule has 1 unspecified atom stereocenters. The fourth-order valence-electron chi connectivity index (χ4n) is 2.15.